The molecule has 0 unspecified atom stereocenters. The van der Waals surface area contributed by atoms with E-state index in [2.05, 4.69) is 0 Å². The van der Waals surface area contributed by atoms with Crippen molar-refractivity contribution in [1.29, 1.82) is 0 Å². The lowest BCUT2D eigenvalue weighted by molar-refractivity contribution is 0.319. The summed E-state index contributed by atoms with van der Waals surface area (Å²) in [7, 11) is -3.44. The van der Waals surface area contributed by atoms with Crippen molar-refractivity contribution in [2.24, 2.45) is 0 Å². The Morgan fingerprint density at radius 1 is 1.43 bits per heavy atom. The van der Waals surface area contributed by atoms with Crippen molar-refractivity contribution >= 4 is 27.1 Å². The highest BCUT2D eigenvalue weighted by Gasteiger charge is 2.14. The lowest BCUT2D eigenvalue weighted by Gasteiger charge is -2.04. The molecule has 0 amide bonds. The average Bonchev–Trinajstić information content (AvgIpc) is 2.09. The summed E-state index contributed by atoms with van der Waals surface area (Å²) < 4.78 is 22.9. The minimum absolute atomic E-state index is 0.0773. The van der Waals surface area contributed by atoms with Gasteiger partial charge in [-0.25, -0.2) is 8.42 Å². The SMILES string of the molecule is Nc1cc(S(=O)(=O)CCO)ccc1Cl. The van der Waals surface area contributed by atoms with Crippen molar-refractivity contribution in [3.05, 3.63) is 23.2 Å². The largest absolute Gasteiger partial charge is 0.397 e. The lowest BCUT2D eigenvalue weighted by atomic mass is 10.3. The third-order valence-electron chi connectivity index (χ3n) is 1.69. The van der Waals surface area contributed by atoms with E-state index >= 15 is 0 Å². The zero-order chi connectivity index (χ0) is 10.8. The van der Waals surface area contributed by atoms with Gasteiger partial charge in [0.15, 0.2) is 9.84 Å². The molecule has 0 heterocycles. The van der Waals surface area contributed by atoms with Gasteiger partial charge in [-0.2, -0.15) is 0 Å². The molecule has 0 aliphatic carbocycles. The van der Waals surface area contributed by atoms with Gasteiger partial charge < -0.3 is 10.8 Å². The van der Waals surface area contributed by atoms with Gasteiger partial charge >= 0.3 is 0 Å². The molecule has 0 spiro atoms. The molecule has 3 N–H and O–H groups in total. The lowest BCUT2D eigenvalue weighted by Crippen LogP contribution is -2.10. The van der Waals surface area contributed by atoms with Crippen LogP contribution in [0.25, 0.3) is 0 Å². The summed E-state index contributed by atoms with van der Waals surface area (Å²) in [6.45, 7) is -0.412. The van der Waals surface area contributed by atoms with Crippen LogP contribution in [0.1, 0.15) is 0 Å². The quantitative estimate of drug-likeness (QED) is 0.756. The van der Waals surface area contributed by atoms with Crippen LogP contribution in [0.15, 0.2) is 23.1 Å². The fourth-order valence-electron chi connectivity index (χ4n) is 0.953. The van der Waals surface area contributed by atoms with Crippen LogP contribution in [0.4, 0.5) is 5.69 Å². The Morgan fingerprint density at radius 3 is 2.57 bits per heavy atom. The molecule has 0 saturated heterocycles. The molecule has 0 aliphatic heterocycles. The molecule has 14 heavy (non-hydrogen) atoms. The highest BCUT2D eigenvalue weighted by atomic mass is 35.5. The van der Waals surface area contributed by atoms with Gasteiger partial charge in [0.2, 0.25) is 0 Å². The second-order valence-electron chi connectivity index (χ2n) is 2.73. The fourth-order valence-corrected chi connectivity index (χ4v) is 2.13. The number of anilines is 1. The molecule has 1 rings (SSSR count). The normalized spacial score (nSPS) is 11.6. The molecular weight excluding hydrogens is 226 g/mol. The number of halogens is 1. The zero-order valence-corrected chi connectivity index (χ0v) is 8.85. The van der Waals surface area contributed by atoms with Crippen LogP contribution < -0.4 is 5.73 Å². The molecular formula is C8H10ClNO3S. The number of benzene rings is 1. The van der Waals surface area contributed by atoms with Crippen molar-refractivity contribution in [2.75, 3.05) is 18.1 Å². The minimum atomic E-state index is -3.44. The van der Waals surface area contributed by atoms with Crippen LogP contribution >= 0.6 is 11.6 Å². The van der Waals surface area contributed by atoms with E-state index in [0.717, 1.165) is 0 Å². The summed E-state index contributed by atoms with van der Waals surface area (Å²) in [5.41, 5.74) is 5.67. The predicted molar refractivity (Wildman–Crippen MR) is 55.0 cm³/mol. The maximum absolute atomic E-state index is 11.4. The van der Waals surface area contributed by atoms with E-state index < -0.39 is 16.4 Å². The van der Waals surface area contributed by atoms with Crippen LogP contribution in [0.5, 0.6) is 0 Å². The monoisotopic (exact) mass is 235 g/mol. The van der Waals surface area contributed by atoms with Crippen molar-refractivity contribution in [3.63, 3.8) is 0 Å². The van der Waals surface area contributed by atoms with Gasteiger partial charge in [0.05, 0.1) is 28.0 Å². The number of aliphatic hydroxyl groups excluding tert-OH is 1. The molecule has 0 fully saturated rings. The van der Waals surface area contributed by atoms with Crippen LogP contribution in [0.3, 0.4) is 0 Å². The van der Waals surface area contributed by atoms with Crippen LogP contribution in [0.2, 0.25) is 5.02 Å². The number of sulfone groups is 1. The van der Waals surface area contributed by atoms with Crippen molar-refractivity contribution in [2.45, 2.75) is 4.90 Å². The number of nitrogens with two attached hydrogens (primary N) is 1. The van der Waals surface area contributed by atoms with Crippen molar-refractivity contribution in [3.8, 4) is 0 Å². The van der Waals surface area contributed by atoms with Gasteiger partial charge in [-0.05, 0) is 18.2 Å². The Morgan fingerprint density at radius 2 is 2.07 bits per heavy atom. The summed E-state index contributed by atoms with van der Waals surface area (Å²) in [5, 5.41) is 8.86. The molecule has 0 radical (unpaired) electrons. The van der Waals surface area contributed by atoms with Gasteiger partial charge in [-0.3, -0.25) is 0 Å². The Kier molecular flexibility index (Phi) is 3.36. The molecule has 4 nitrogen and oxygen atoms in total. The van der Waals surface area contributed by atoms with Crippen molar-refractivity contribution in [1.82, 2.24) is 0 Å². The van der Waals surface area contributed by atoms with Crippen LogP contribution in [-0.2, 0) is 9.84 Å². The number of hydrogen-bond acceptors (Lipinski definition) is 4. The number of nitrogen functional groups attached to an aromatic ring is 1. The summed E-state index contributed by atoms with van der Waals surface area (Å²) in [5.74, 6) is -0.311. The standard InChI is InChI=1S/C8H10ClNO3S/c9-7-2-1-6(5-8(7)10)14(12,13)4-3-11/h1-2,5,11H,3-4,10H2. The minimum Gasteiger partial charge on any atom is -0.397 e. The van der Waals surface area contributed by atoms with Gasteiger partial charge in [-0.1, -0.05) is 11.6 Å². The van der Waals surface area contributed by atoms with E-state index in [-0.39, 0.29) is 16.3 Å². The molecule has 6 heteroatoms. The Hall–Kier alpha value is -0.780. The summed E-state index contributed by atoms with van der Waals surface area (Å²) >= 11 is 5.64. The van der Waals surface area contributed by atoms with Crippen LogP contribution in [-0.4, -0.2) is 25.9 Å². The molecule has 0 bridgehead atoms. The van der Waals surface area contributed by atoms with Gasteiger partial charge in [0.1, 0.15) is 0 Å². The smallest absolute Gasteiger partial charge is 0.180 e. The van der Waals surface area contributed by atoms with Gasteiger partial charge in [0.25, 0.3) is 0 Å². The summed E-state index contributed by atoms with van der Waals surface area (Å²) in [6.07, 6.45) is 0. The molecule has 0 saturated carbocycles. The van der Waals surface area contributed by atoms with E-state index in [4.69, 9.17) is 22.4 Å². The van der Waals surface area contributed by atoms with E-state index in [1.165, 1.54) is 18.2 Å². The fraction of sp³-hybridized carbons (Fsp3) is 0.250. The Labute approximate surface area is 87.2 Å². The van der Waals surface area contributed by atoms with Gasteiger partial charge in [0, 0.05) is 0 Å². The van der Waals surface area contributed by atoms with E-state index in [1.807, 2.05) is 0 Å². The van der Waals surface area contributed by atoms with Crippen LogP contribution in [0, 0.1) is 0 Å². The summed E-state index contributed by atoms with van der Waals surface area (Å²) in [6, 6.07) is 4.07. The average molecular weight is 236 g/mol. The summed E-state index contributed by atoms with van der Waals surface area (Å²) in [4.78, 5) is 0.0773. The second-order valence-corrected chi connectivity index (χ2v) is 5.24. The van der Waals surface area contributed by atoms with E-state index in [0.29, 0.717) is 5.02 Å². The molecule has 0 aliphatic rings. The first-order valence-electron chi connectivity index (χ1n) is 3.86. The molecule has 0 aromatic heterocycles. The van der Waals surface area contributed by atoms with Gasteiger partial charge in [-0.15, -0.1) is 0 Å². The molecule has 1 aromatic rings. The Bertz CT molecular complexity index is 430. The van der Waals surface area contributed by atoms with E-state index in [9.17, 15) is 8.42 Å². The third kappa shape index (κ3) is 2.37. The zero-order valence-electron chi connectivity index (χ0n) is 7.27. The highest BCUT2D eigenvalue weighted by Crippen LogP contribution is 2.22. The third-order valence-corrected chi connectivity index (χ3v) is 3.72. The first-order valence-corrected chi connectivity index (χ1v) is 5.89. The topological polar surface area (TPSA) is 80.4 Å². The first-order chi connectivity index (χ1) is 6.47. The first kappa shape index (κ1) is 11.3. The maximum Gasteiger partial charge on any atom is 0.180 e. The Balaban J connectivity index is 3.15. The number of aliphatic hydroxyl groups is 1. The van der Waals surface area contributed by atoms with Crippen molar-refractivity contribution < 1.29 is 13.5 Å². The molecule has 78 valence electrons. The maximum atomic E-state index is 11.4. The highest BCUT2D eigenvalue weighted by molar-refractivity contribution is 7.91. The number of rotatable bonds is 3. The molecule has 0 atom stereocenters. The number of hydrogen-bond donors (Lipinski definition) is 2. The molecule has 1 aromatic carbocycles. The van der Waals surface area contributed by atoms with E-state index in [1.54, 1.807) is 0 Å². The predicted octanol–water partition coefficient (Wildman–Crippen LogP) is 0.688. The second kappa shape index (κ2) is 4.16.